The van der Waals surface area contributed by atoms with Crippen LogP contribution in [0, 0.1) is 29.1 Å². The average molecular weight is 718 g/mol. The second-order valence-corrected chi connectivity index (χ2v) is 16.1. The Morgan fingerprint density at radius 1 is 0.942 bits per heavy atom. The highest BCUT2D eigenvalue weighted by molar-refractivity contribution is 6.38. The molecule has 5 amide bonds. The van der Waals surface area contributed by atoms with Crippen LogP contribution >= 0.6 is 0 Å². The van der Waals surface area contributed by atoms with Crippen molar-refractivity contribution in [1.29, 1.82) is 0 Å². The molecule has 4 N–H and O–H groups in total. The van der Waals surface area contributed by atoms with E-state index in [1.165, 1.54) is 24.7 Å². The quantitative estimate of drug-likeness (QED) is 0.158. The molecular weight excluding hydrogens is 662 g/mol. The van der Waals surface area contributed by atoms with Crippen molar-refractivity contribution in [3.05, 3.63) is 36.9 Å². The molecule has 0 spiro atoms. The standard InChI is InChI=1S/C39H55N7O6/c1-3-17-42-37(51)32(47)28(20-24-11-10-12-24)43-36(50)31-27-21-26(27)23-46(31)38(52)33(39(2)15-8-5-9-16-39)45-35(49)30(25-13-6-4-7-14-25)44-34(48)29-22-40-18-19-41-29/h3,18-19,22,24-28,30-31,33H,1,4-17,20-21,23H2,2H3,(H,42,51)(H,43,50)(H,44,48)(H,45,49)/t26-,27-,28?,30-,31-,33+/m0/s1. The molecule has 6 rings (SSSR count). The van der Waals surface area contributed by atoms with Gasteiger partial charge in [0.15, 0.2) is 0 Å². The van der Waals surface area contributed by atoms with Gasteiger partial charge in [-0.05, 0) is 67.6 Å². The molecule has 0 bridgehead atoms. The molecule has 5 aliphatic rings. The molecule has 282 valence electrons. The third kappa shape index (κ3) is 8.55. The van der Waals surface area contributed by atoms with Crippen LogP contribution in [0.3, 0.4) is 0 Å². The number of Topliss-reactive ketones (excluding diaryl/α,β-unsaturated/α-hetero) is 1. The summed E-state index contributed by atoms with van der Waals surface area (Å²) >= 11 is 0. The molecule has 13 nitrogen and oxygen atoms in total. The van der Waals surface area contributed by atoms with Crippen LogP contribution in [-0.2, 0) is 24.0 Å². The molecular formula is C39H55N7O6. The number of rotatable bonds is 15. The third-order valence-corrected chi connectivity index (χ3v) is 12.5. The van der Waals surface area contributed by atoms with Gasteiger partial charge in [0.1, 0.15) is 23.8 Å². The van der Waals surface area contributed by atoms with Gasteiger partial charge in [-0.2, -0.15) is 0 Å². The fraction of sp³-hybridized carbons (Fsp3) is 0.692. The number of carbonyl (C=O) groups is 6. The van der Waals surface area contributed by atoms with Crippen molar-refractivity contribution in [2.75, 3.05) is 13.1 Å². The first kappa shape index (κ1) is 37.6. The summed E-state index contributed by atoms with van der Waals surface area (Å²) in [5, 5.41) is 11.5. The number of nitrogens with zero attached hydrogens (tertiary/aromatic N) is 3. The molecule has 1 aromatic rings. The van der Waals surface area contributed by atoms with E-state index in [9.17, 15) is 28.8 Å². The molecule has 4 aliphatic carbocycles. The number of hydrogen-bond acceptors (Lipinski definition) is 8. The molecule has 1 aromatic heterocycles. The molecule has 4 saturated carbocycles. The van der Waals surface area contributed by atoms with Gasteiger partial charge in [0.05, 0.1) is 12.2 Å². The smallest absolute Gasteiger partial charge is 0.289 e. The van der Waals surface area contributed by atoms with Gasteiger partial charge >= 0.3 is 0 Å². The van der Waals surface area contributed by atoms with Crippen LogP contribution in [0.25, 0.3) is 0 Å². The van der Waals surface area contributed by atoms with E-state index in [1.807, 2.05) is 6.92 Å². The molecule has 13 heteroatoms. The zero-order valence-corrected chi connectivity index (χ0v) is 30.4. The van der Waals surface area contributed by atoms with Crippen LogP contribution in [0.15, 0.2) is 31.2 Å². The van der Waals surface area contributed by atoms with Gasteiger partial charge in [-0.25, -0.2) is 4.98 Å². The number of amides is 5. The van der Waals surface area contributed by atoms with E-state index < -0.39 is 59.0 Å². The number of nitrogens with one attached hydrogen (secondary N) is 4. The van der Waals surface area contributed by atoms with Gasteiger partial charge in [0.25, 0.3) is 11.8 Å². The lowest BCUT2D eigenvalue weighted by Gasteiger charge is -2.43. The molecule has 5 fully saturated rings. The Labute approximate surface area is 306 Å². The fourth-order valence-corrected chi connectivity index (χ4v) is 9.07. The first-order valence-electron chi connectivity index (χ1n) is 19.5. The topological polar surface area (TPSA) is 180 Å². The van der Waals surface area contributed by atoms with Gasteiger partial charge in [0, 0.05) is 25.5 Å². The Morgan fingerprint density at radius 3 is 2.33 bits per heavy atom. The van der Waals surface area contributed by atoms with E-state index in [-0.39, 0.29) is 41.8 Å². The minimum Gasteiger partial charge on any atom is -0.346 e. The lowest BCUT2D eigenvalue weighted by atomic mass is 9.69. The predicted molar refractivity (Wildman–Crippen MR) is 192 cm³/mol. The summed E-state index contributed by atoms with van der Waals surface area (Å²) in [7, 11) is 0. The summed E-state index contributed by atoms with van der Waals surface area (Å²) in [5.41, 5.74) is -0.447. The zero-order chi connectivity index (χ0) is 36.8. The van der Waals surface area contributed by atoms with Gasteiger partial charge in [-0.15, -0.1) is 6.58 Å². The Morgan fingerprint density at radius 2 is 1.67 bits per heavy atom. The number of piperidine rings is 1. The van der Waals surface area contributed by atoms with Crippen LogP contribution in [0.2, 0.25) is 0 Å². The van der Waals surface area contributed by atoms with Gasteiger partial charge < -0.3 is 26.2 Å². The van der Waals surface area contributed by atoms with Crippen LogP contribution in [0.1, 0.15) is 114 Å². The fourth-order valence-electron chi connectivity index (χ4n) is 9.07. The van der Waals surface area contributed by atoms with E-state index in [4.69, 9.17) is 0 Å². The predicted octanol–water partition coefficient (Wildman–Crippen LogP) is 3.00. The first-order chi connectivity index (χ1) is 25.1. The number of likely N-dealkylation sites (tertiary alicyclic amines) is 1. The van der Waals surface area contributed by atoms with Crippen LogP contribution in [0.4, 0.5) is 0 Å². The van der Waals surface area contributed by atoms with Crippen molar-refractivity contribution >= 4 is 35.3 Å². The second kappa shape index (κ2) is 16.7. The van der Waals surface area contributed by atoms with Crippen molar-refractivity contribution in [1.82, 2.24) is 36.1 Å². The van der Waals surface area contributed by atoms with E-state index in [0.29, 0.717) is 13.0 Å². The molecule has 2 heterocycles. The van der Waals surface area contributed by atoms with Gasteiger partial charge in [0.2, 0.25) is 23.5 Å². The van der Waals surface area contributed by atoms with Gasteiger partial charge in [-0.1, -0.05) is 70.8 Å². The summed E-state index contributed by atoms with van der Waals surface area (Å²) in [5.74, 6) is -2.83. The summed E-state index contributed by atoms with van der Waals surface area (Å²) in [6.07, 6.45) is 18.7. The van der Waals surface area contributed by atoms with Crippen molar-refractivity contribution in [3.63, 3.8) is 0 Å². The maximum Gasteiger partial charge on any atom is 0.289 e. The molecule has 1 aliphatic heterocycles. The number of fused-ring (bicyclic) bond motifs is 1. The maximum atomic E-state index is 14.9. The molecule has 0 aromatic carbocycles. The Balaban J connectivity index is 1.23. The van der Waals surface area contributed by atoms with Crippen LogP contribution < -0.4 is 21.3 Å². The number of ketones is 1. The van der Waals surface area contributed by atoms with E-state index >= 15 is 0 Å². The van der Waals surface area contributed by atoms with Crippen molar-refractivity contribution in [2.45, 2.75) is 127 Å². The van der Waals surface area contributed by atoms with Crippen molar-refractivity contribution < 1.29 is 28.8 Å². The summed E-state index contributed by atoms with van der Waals surface area (Å²) in [6.45, 7) is 6.17. The minimum atomic E-state index is -0.988. The highest BCUT2D eigenvalue weighted by atomic mass is 16.2. The lowest BCUT2D eigenvalue weighted by Crippen LogP contribution is -2.63. The molecule has 1 unspecified atom stereocenters. The second-order valence-electron chi connectivity index (χ2n) is 16.1. The normalized spacial score (nSPS) is 25.6. The van der Waals surface area contributed by atoms with Crippen molar-refractivity contribution in [3.8, 4) is 0 Å². The molecule has 6 atom stereocenters. The Bertz CT molecular complexity index is 1500. The monoisotopic (exact) mass is 717 g/mol. The Hall–Kier alpha value is -4.16. The minimum absolute atomic E-state index is 0.0465. The highest BCUT2D eigenvalue weighted by Gasteiger charge is 2.59. The van der Waals surface area contributed by atoms with Gasteiger partial charge in [-0.3, -0.25) is 33.8 Å². The third-order valence-electron chi connectivity index (χ3n) is 12.5. The SMILES string of the molecule is C=CCNC(=O)C(=O)C(CC1CCC1)NC(=O)[C@@H]1[C@H]2C[C@H]2CN1C(=O)[C@@H](NC(=O)[C@@H](NC(=O)c1cnccn1)C1CCCCC1)C1(C)CCCCC1. The van der Waals surface area contributed by atoms with Crippen molar-refractivity contribution in [2.24, 2.45) is 29.1 Å². The number of carbonyl (C=O) groups excluding carboxylic acids is 6. The molecule has 1 saturated heterocycles. The highest BCUT2D eigenvalue weighted by Crippen LogP contribution is 2.51. The lowest BCUT2D eigenvalue weighted by molar-refractivity contribution is -0.147. The Kier molecular flexibility index (Phi) is 12.1. The van der Waals surface area contributed by atoms with E-state index in [2.05, 4.69) is 37.8 Å². The number of hydrogen-bond donors (Lipinski definition) is 4. The van der Waals surface area contributed by atoms with Crippen LogP contribution in [-0.4, -0.2) is 87.4 Å². The maximum absolute atomic E-state index is 14.9. The summed E-state index contributed by atoms with van der Waals surface area (Å²) in [4.78, 5) is 92.5. The van der Waals surface area contributed by atoms with E-state index in [0.717, 1.165) is 89.9 Å². The number of aromatic nitrogens is 2. The molecule has 52 heavy (non-hydrogen) atoms. The largest absolute Gasteiger partial charge is 0.346 e. The van der Waals surface area contributed by atoms with Crippen LogP contribution in [0.5, 0.6) is 0 Å². The average Bonchev–Trinajstić information content (AvgIpc) is 3.80. The summed E-state index contributed by atoms with van der Waals surface area (Å²) in [6, 6.07) is -3.57. The zero-order valence-electron chi connectivity index (χ0n) is 30.4. The first-order valence-corrected chi connectivity index (χ1v) is 19.5. The molecule has 0 radical (unpaired) electrons. The summed E-state index contributed by atoms with van der Waals surface area (Å²) < 4.78 is 0. The van der Waals surface area contributed by atoms with E-state index in [1.54, 1.807) is 4.90 Å².